The number of halogens is 3. The van der Waals surface area contributed by atoms with E-state index in [4.69, 9.17) is 9.84 Å². The van der Waals surface area contributed by atoms with Gasteiger partial charge in [-0.1, -0.05) is 18.2 Å². The zero-order valence-corrected chi connectivity index (χ0v) is 16.9. The molecule has 0 atom stereocenters. The highest BCUT2D eigenvalue weighted by Gasteiger charge is 2.29. The summed E-state index contributed by atoms with van der Waals surface area (Å²) in [6, 6.07) is 10.8. The number of hydrogen-bond acceptors (Lipinski definition) is 5. The van der Waals surface area contributed by atoms with Crippen molar-refractivity contribution in [2.24, 2.45) is 7.05 Å². The number of aromatic nitrogens is 2. The zero-order valence-electron chi connectivity index (χ0n) is 16.9. The van der Waals surface area contributed by atoms with E-state index >= 15 is 0 Å². The van der Waals surface area contributed by atoms with Crippen LogP contribution < -0.4 is 10.9 Å². The first-order chi connectivity index (χ1) is 14.4. The molecule has 1 aromatic heterocycles. The third kappa shape index (κ3) is 5.02. The monoisotopic (exact) mass is 435 g/mol. The summed E-state index contributed by atoms with van der Waals surface area (Å²) in [4.78, 5) is 28.1. The van der Waals surface area contributed by atoms with Crippen molar-refractivity contribution in [1.82, 2.24) is 9.55 Å². The average Bonchev–Trinajstić information content (AvgIpc) is 2.68. The quantitative estimate of drug-likeness (QED) is 0.571. The molecule has 10 heteroatoms. The molecule has 3 rings (SSSR count). The van der Waals surface area contributed by atoms with Gasteiger partial charge in [-0.05, 0) is 49.2 Å². The van der Waals surface area contributed by atoms with Crippen LogP contribution in [0.2, 0.25) is 0 Å². The van der Waals surface area contributed by atoms with Gasteiger partial charge in [-0.15, -0.1) is 0 Å². The molecular formula is C21H20F3N3O4. The van der Waals surface area contributed by atoms with Gasteiger partial charge in [-0.25, -0.2) is 9.78 Å². The minimum atomic E-state index is -4.52. The fourth-order valence-corrected chi connectivity index (χ4v) is 3.12. The number of nitrogens with zero attached hydrogens (tertiary/aromatic N) is 2. The molecule has 0 aliphatic carbocycles. The number of fused-ring (bicyclic) bond motifs is 1. The summed E-state index contributed by atoms with van der Waals surface area (Å²) in [5, 5.41) is 10.3. The van der Waals surface area contributed by atoms with Crippen molar-refractivity contribution in [1.29, 1.82) is 0 Å². The Labute approximate surface area is 175 Å². The number of rotatable bonds is 6. The number of ether oxygens (including phenoxy) is 1. The lowest BCUT2D eigenvalue weighted by Crippen LogP contribution is -2.36. The van der Waals surface area contributed by atoms with E-state index in [9.17, 15) is 22.8 Å². The summed E-state index contributed by atoms with van der Waals surface area (Å²) in [6.45, 7) is 2.56. The molecule has 2 aromatic carbocycles. The molecule has 7 nitrogen and oxygen atoms in total. The first kappa shape index (κ1) is 22.3. The maximum Gasteiger partial charge on any atom is 0.482 e. The third-order valence-electron chi connectivity index (χ3n) is 4.71. The Bertz CT molecular complexity index is 1190. The number of nitrogens with one attached hydrogen (secondary N) is 1. The van der Waals surface area contributed by atoms with Gasteiger partial charge in [-0.3, -0.25) is 10.1 Å². The summed E-state index contributed by atoms with van der Waals surface area (Å²) in [7, 11) is 1.56. The van der Waals surface area contributed by atoms with Gasteiger partial charge in [0.25, 0.3) is 5.56 Å². The van der Waals surface area contributed by atoms with Crippen molar-refractivity contribution in [2.45, 2.75) is 25.7 Å². The van der Waals surface area contributed by atoms with Crippen LogP contribution in [0.3, 0.4) is 0 Å². The van der Waals surface area contributed by atoms with E-state index in [0.29, 0.717) is 22.2 Å². The zero-order chi connectivity index (χ0) is 23.0. The smallest absolute Gasteiger partial charge is 0.480 e. The van der Waals surface area contributed by atoms with E-state index in [-0.39, 0.29) is 11.4 Å². The molecule has 0 fully saturated rings. The maximum absolute atomic E-state index is 12.9. The van der Waals surface area contributed by atoms with Gasteiger partial charge in [0.1, 0.15) is 17.9 Å². The number of anilines is 1. The predicted molar refractivity (Wildman–Crippen MR) is 109 cm³/mol. The number of carbonyl (C=O) groups is 1. The number of alkyl halides is 3. The van der Waals surface area contributed by atoms with Gasteiger partial charge in [0.15, 0.2) is 0 Å². The van der Waals surface area contributed by atoms with Crippen LogP contribution in [0, 0.1) is 0 Å². The highest BCUT2D eigenvalue weighted by atomic mass is 19.4. The molecule has 0 spiro atoms. The standard InChI is InChI=1S/C21H20F3N3O4/c1-20(2,31-11-17(28)29)18-19(30)27(3)16-10-13(6-9-15(16)25-18)12-4-7-14(8-5-12)26-21(22,23)24/h4-10,26H,11H2,1-3H3,(H,28,29). The van der Waals surface area contributed by atoms with E-state index in [0.717, 1.165) is 0 Å². The van der Waals surface area contributed by atoms with Crippen LogP contribution in [0.5, 0.6) is 0 Å². The van der Waals surface area contributed by atoms with Crippen molar-refractivity contribution >= 4 is 22.7 Å². The van der Waals surface area contributed by atoms with Crippen LogP contribution in [0.15, 0.2) is 47.3 Å². The minimum absolute atomic E-state index is 0.0686. The molecule has 0 saturated heterocycles. The Kier molecular flexibility index (Phi) is 5.77. The Morgan fingerprint density at radius 2 is 1.74 bits per heavy atom. The first-order valence-corrected chi connectivity index (χ1v) is 9.20. The van der Waals surface area contributed by atoms with Gasteiger partial charge in [-0.2, -0.15) is 13.2 Å². The molecule has 0 saturated carbocycles. The Morgan fingerprint density at radius 3 is 2.32 bits per heavy atom. The second-order valence-corrected chi connectivity index (χ2v) is 7.42. The van der Waals surface area contributed by atoms with Gasteiger partial charge >= 0.3 is 12.3 Å². The summed E-state index contributed by atoms with van der Waals surface area (Å²) in [6.07, 6.45) is -4.52. The molecule has 3 aromatic rings. The SMILES string of the molecule is Cn1c(=O)c(C(C)(C)OCC(=O)O)nc2ccc(-c3ccc(NC(F)(F)F)cc3)cc21. The highest BCUT2D eigenvalue weighted by molar-refractivity contribution is 5.82. The largest absolute Gasteiger partial charge is 0.482 e. The summed E-state index contributed by atoms with van der Waals surface area (Å²) in [5.41, 5.74) is 0.680. The van der Waals surface area contributed by atoms with E-state index in [1.54, 1.807) is 39.1 Å². The Morgan fingerprint density at radius 1 is 1.13 bits per heavy atom. The topological polar surface area (TPSA) is 93.5 Å². The van der Waals surface area contributed by atoms with Crippen molar-refractivity contribution in [2.75, 3.05) is 11.9 Å². The number of benzene rings is 2. The average molecular weight is 435 g/mol. The van der Waals surface area contributed by atoms with Crippen molar-refractivity contribution < 1.29 is 27.8 Å². The lowest BCUT2D eigenvalue weighted by molar-refractivity contribution is -0.148. The van der Waals surface area contributed by atoms with Crippen LogP contribution in [-0.4, -0.2) is 33.5 Å². The number of carboxylic acids is 1. The molecule has 31 heavy (non-hydrogen) atoms. The fraction of sp³-hybridized carbons (Fsp3) is 0.286. The van der Waals surface area contributed by atoms with E-state index in [1.807, 2.05) is 0 Å². The number of aliphatic carboxylic acids is 1. The number of hydrogen-bond donors (Lipinski definition) is 2. The molecule has 0 amide bonds. The van der Waals surface area contributed by atoms with Gasteiger partial charge in [0, 0.05) is 12.7 Å². The molecule has 2 N–H and O–H groups in total. The maximum atomic E-state index is 12.9. The minimum Gasteiger partial charge on any atom is -0.480 e. The van der Waals surface area contributed by atoms with Crippen molar-refractivity contribution in [3.63, 3.8) is 0 Å². The molecule has 1 heterocycles. The van der Waals surface area contributed by atoms with Crippen LogP contribution in [0.25, 0.3) is 22.2 Å². The molecule has 0 aliphatic heterocycles. The molecule has 0 radical (unpaired) electrons. The van der Waals surface area contributed by atoms with Crippen LogP contribution in [0.1, 0.15) is 19.5 Å². The van der Waals surface area contributed by atoms with E-state index in [2.05, 4.69) is 4.98 Å². The van der Waals surface area contributed by atoms with Gasteiger partial charge < -0.3 is 14.4 Å². The summed E-state index contributed by atoms with van der Waals surface area (Å²) < 4.78 is 44.0. The molecular weight excluding hydrogens is 415 g/mol. The van der Waals surface area contributed by atoms with Gasteiger partial charge in [0.2, 0.25) is 0 Å². The van der Waals surface area contributed by atoms with Crippen molar-refractivity contribution in [3.8, 4) is 11.1 Å². The third-order valence-corrected chi connectivity index (χ3v) is 4.71. The van der Waals surface area contributed by atoms with E-state index in [1.165, 1.54) is 34.1 Å². The second-order valence-electron chi connectivity index (χ2n) is 7.42. The summed E-state index contributed by atoms with van der Waals surface area (Å²) in [5.74, 6) is -1.16. The van der Waals surface area contributed by atoms with Crippen LogP contribution in [0.4, 0.5) is 18.9 Å². The second kappa shape index (κ2) is 8.03. The van der Waals surface area contributed by atoms with Crippen LogP contribution >= 0.6 is 0 Å². The number of aryl methyl sites for hydroxylation is 1. The molecule has 0 unspecified atom stereocenters. The molecule has 164 valence electrons. The van der Waals surface area contributed by atoms with Crippen LogP contribution in [-0.2, 0) is 22.2 Å². The predicted octanol–water partition coefficient (Wildman–Crippen LogP) is 3.87. The number of carboxylic acid groups (broad SMARTS) is 1. The van der Waals surface area contributed by atoms with Crippen molar-refractivity contribution in [3.05, 3.63) is 58.5 Å². The summed E-state index contributed by atoms with van der Waals surface area (Å²) >= 11 is 0. The fourth-order valence-electron chi connectivity index (χ4n) is 3.12. The molecule has 0 bridgehead atoms. The Balaban J connectivity index is 1.99. The lowest BCUT2D eigenvalue weighted by atomic mass is 10.0. The first-order valence-electron chi connectivity index (χ1n) is 9.20. The highest BCUT2D eigenvalue weighted by Crippen LogP contribution is 2.28. The lowest BCUT2D eigenvalue weighted by Gasteiger charge is -2.24. The molecule has 0 aliphatic rings. The van der Waals surface area contributed by atoms with Gasteiger partial charge in [0.05, 0.1) is 11.0 Å². The normalized spacial score (nSPS) is 12.2. The Hall–Kier alpha value is -3.40. The van der Waals surface area contributed by atoms with E-state index < -0.39 is 30.0 Å².